The van der Waals surface area contributed by atoms with Crippen LogP contribution in [-0.4, -0.2) is 5.98 Å². The van der Waals surface area contributed by atoms with Gasteiger partial charge in [0.2, 0.25) is 0 Å². The molecule has 0 aliphatic heterocycles. The van der Waals surface area contributed by atoms with E-state index in [1.165, 1.54) is 0 Å². The summed E-state index contributed by atoms with van der Waals surface area (Å²) in [6, 6.07) is 14.3. The standard InChI is InChI=1S/2C12H13.C2H7Si.2ClH.Hf/c2*1-3-10-5-4-6-11-7-9(2)8-12(10)11;1-3-2;;;/h2*4-8H,3H2,1-2H3;3H,1-2H3;2*1H;/q;;;;;+2/p-2. The fraction of sp³-hybridized carbons (Fsp3) is 0.385. The number of benzene rings is 2. The normalized spacial score (nSPS) is 18.8. The summed E-state index contributed by atoms with van der Waals surface area (Å²) in [6.07, 6.45) is 7.39. The number of rotatable bonds is 5. The van der Waals surface area contributed by atoms with Crippen molar-refractivity contribution in [3.05, 3.63) is 80.9 Å². The molecule has 30 heavy (non-hydrogen) atoms. The van der Waals surface area contributed by atoms with Crippen LogP contribution in [0, 0.1) is 0 Å². The van der Waals surface area contributed by atoms with E-state index < -0.39 is 26.6 Å². The summed E-state index contributed by atoms with van der Waals surface area (Å²) in [5, 5.41) is 0. The Balaban J connectivity index is 0.00000160. The third kappa shape index (κ3) is 4.27. The SMILES string of the molecule is CCc1cccc2c1C=C(C)[CH]2[Hf+2]([CH]1C(C)=Cc2c(CC)cccc21)[SiH](C)C.[Cl-].[Cl-]. The Labute approximate surface area is 204 Å². The molecule has 0 amide bonds. The van der Waals surface area contributed by atoms with Crippen molar-refractivity contribution < 1.29 is 45.4 Å². The van der Waals surface area contributed by atoms with Gasteiger partial charge in [-0.15, -0.1) is 0 Å². The zero-order chi connectivity index (χ0) is 20.0. The van der Waals surface area contributed by atoms with Gasteiger partial charge in [-0.2, -0.15) is 0 Å². The van der Waals surface area contributed by atoms with Crippen LogP contribution < -0.4 is 24.8 Å². The Morgan fingerprint density at radius 3 is 1.47 bits per heavy atom. The van der Waals surface area contributed by atoms with E-state index in [9.17, 15) is 0 Å². The largest absolute Gasteiger partial charge is 1.00 e. The molecule has 2 aliphatic carbocycles. The second-order valence-corrected chi connectivity index (χ2v) is 36.8. The summed E-state index contributed by atoms with van der Waals surface area (Å²) >= 11 is -2.02. The number of fused-ring (bicyclic) bond motifs is 2. The molecule has 0 spiro atoms. The summed E-state index contributed by atoms with van der Waals surface area (Å²) in [5.41, 5.74) is 13.0. The Bertz CT molecular complexity index is 901. The van der Waals surface area contributed by atoms with Crippen LogP contribution in [0.1, 0.15) is 68.4 Å². The minimum absolute atomic E-state index is 0. The Morgan fingerprint density at radius 2 is 1.13 bits per heavy atom. The first-order valence-electron chi connectivity index (χ1n) is 10.9. The van der Waals surface area contributed by atoms with Crippen LogP contribution >= 0.6 is 0 Å². The maximum Gasteiger partial charge on any atom is -1.00 e. The summed E-state index contributed by atoms with van der Waals surface area (Å²) < 4.78 is 1.59. The fourth-order valence-electron chi connectivity index (χ4n) is 5.57. The van der Waals surface area contributed by atoms with Crippen molar-refractivity contribution in [1.29, 1.82) is 0 Å². The van der Waals surface area contributed by atoms with Crippen LogP contribution in [0.15, 0.2) is 47.5 Å². The number of hydrogen-bond donors (Lipinski definition) is 0. The van der Waals surface area contributed by atoms with Gasteiger partial charge in [-0.3, -0.25) is 0 Å². The number of halogens is 2. The summed E-state index contributed by atoms with van der Waals surface area (Å²) in [6.45, 7) is 14.8. The monoisotopic (exact) mass is 623 g/mol. The third-order valence-corrected chi connectivity index (χ3v) is 38.3. The minimum Gasteiger partial charge on any atom is -1.00 e. The zero-order valence-corrected chi connectivity index (χ0v) is 25.3. The van der Waals surface area contributed by atoms with Gasteiger partial charge < -0.3 is 24.8 Å². The number of aryl methyl sites for hydroxylation is 2. The molecule has 0 saturated carbocycles. The van der Waals surface area contributed by atoms with Crippen LogP contribution in [0.3, 0.4) is 0 Å². The molecule has 2 aliphatic rings. The van der Waals surface area contributed by atoms with E-state index in [1.54, 1.807) is 44.5 Å². The van der Waals surface area contributed by atoms with E-state index in [0.29, 0.717) is 0 Å². The molecule has 0 heterocycles. The Kier molecular flexibility index (Phi) is 9.02. The van der Waals surface area contributed by atoms with Crippen molar-refractivity contribution in [3.63, 3.8) is 0 Å². The molecular weight excluding hydrogens is 590 g/mol. The summed E-state index contributed by atoms with van der Waals surface area (Å²) in [5.74, 6) is -0.704. The van der Waals surface area contributed by atoms with E-state index >= 15 is 0 Å². The molecular formula is C26H33Cl2HfSi. The van der Waals surface area contributed by atoms with Crippen molar-refractivity contribution in [2.75, 3.05) is 0 Å². The first-order valence-corrected chi connectivity index (χ1v) is 24.2. The fourth-order valence-corrected chi connectivity index (χ4v) is 38.5. The predicted octanol–water partition coefficient (Wildman–Crippen LogP) is 1.04. The van der Waals surface area contributed by atoms with Crippen LogP contribution in [-0.2, 0) is 33.4 Å². The molecule has 4 rings (SSSR count). The number of allylic oxidation sites excluding steroid dienone is 2. The van der Waals surface area contributed by atoms with Crippen molar-refractivity contribution in [2.45, 2.75) is 61.0 Å². The molecule has 0 bridgehead atoms. The van der Waals surface area contributed by atoms with Gasteiger partial charge in [0, 0.05) is 0 Å². The minimum atomic E-state index is -2.02. The van der Waals surface area contributed by atoms with E-state index in [-0.39, 0.29) is 24.8 Å². The van der Waals surface area contributed by atoms with Gasteiger partial charge in [0.1, 0.15) is 0 Å². The summed E-state index contributed by atoms with van der Waals surface area (Å²) in [7, 11) is 0. The van der Waals surface area contributed by atoms with Crippen LogP contribution in [0.5, 0.6) is 0 Å². The van der Waals surface area contributed by atoms with Crippen LogP contribution in [0.25, 0.3) is 12.2 Å². The molecule has 0 nitrogen and oxygen atoms in total. The van der Waals surface area contributed by atoms with Gasteiger partial charge in [-0.25, -0.2) is 0 Å². The molecule has 0 aromatic heterocycles. The van der Waals surface area contributed by atoms with Crippen molar-refractivity contribution in [2.24, 2.45) is 0 Å². The van der Waals surface area contributed by atoms with Gasteiger partial charge in [-0.1, -0.05) is 0 Å². The van der Waals surface area contributed by atoms with Gasteiger partial charge in [0.15, 0.2) is 0 Å². The first kappa shape index (κ1) is 25.8. The first-order chi connectivity index (χ1) is 13.5. The van der Waals surface area contributed by atoms with Gasteiger partial charge >= 0.3 is 181 Å². The molecule has 2 atom stereocenters. The smallest absolute Gasteiger partial charge is 1.00 e. The maximum absolute atomic E-state index is 2.66. The Hall–Kier alpha value is -0.413. The van der Waals surface area contributed by atoms with E-state index in [0.717, 1.165) is 20.2 Å². The average Bonchev–Trinajstić information content (AvgIpc) is 3.18. The summed E-state index contributed by atoms with van der Waals surface area (Å²) in [4.78, 5) is 0. The second kappa shape index (κ2) is 10.5. The van der Waals surface area contributed by atoms with Gasteiger partial charge in [0.25, 0.3) is 0 Å². The molecule has 0 fully saturated rings. The quantitative estimate of drug-likeness (QED) is 0.438. The molecule has 2 aromatic carbocycles. The van der Waals surface area contributed by atoms with Crippen LogP contribution in [0.4, 0.5) is 0 Å². The molecule has 0 N–H and O–H groups in total. The molecule has 2 unspecified atom stereocenters. The predicted molar refractivity (Wildman–Crippen MR) is 123 cm³/mol. The molecule has 2 aromatic rings. The van der Waals surface area contributed by atoms with Crippen molar-refractivity contribution in [1.82, 2.24) is 0 Å². The van der Waals surface area contributed by atoms with Gasteiger partial charge in [0.05, 0.1) is 0 Å². The van der Waals surface area contributed by atoms with Gasteiger partial charge in [-0.05, 0) is 0 Å². The van der Waals surface area contributed by atoms with Crippen molar-refractivity contribution in [3.8, 4) is 0 Å². The van der Waals surface area contributed by atoms with Crippen molar-refractivity contribution >= 4 is 18.1 Å². The topological polar surface area (TPSA) is 0 Å². The maximum atomic E-state index is 2.66. The van der Waals surface area contributed by atoms with Crippen LogP contribution in [0.2, 0.25) is 13.1 Å². The Morgan fingerprint density at radius 1 is 0.733 bits per heavy atom. The molecule has 4 heteroatoms. The number of hydrogen-bond acceptors (Lipinski definition) is 0. The zero-order valence-electron chi connectivity index (χ0n) is 19.0. The van der Waals surface area contributed by atoms with E-state index in [1.807, 2.05) is 0 Å². The average molecular weight is 623 g/mol. The molecule has 159 valence electrons. The third-order valence-electron chi connectivity index (χ3n) is 6.83. The molecule has 0 radical (unpaired) electrons. The van der Waals surface area contributed by atoms with E-state index in [4.69, 9.17) is 0 Å². The molecule has 0 saturated heterocycles. The van der Waals surface area contributed by atoms with E-state index in [2.05, 4.69) is 89.3 Å². The second-order valence-electron chi connectivity index (χ2n) is 8.84.